The van der Waals surface area contributed by atoms with Crippen LogP contribution in [0.2, 0.25) is 0 Å². The van der Waals surface area contributed by atoms with E-state index in [-0.39, 0.29) is 0 Å². The van der Waals surface area contributed by atoms with E-state index >= 15 is 0 Å². The molecule has 10 heavy (non-hydrogen) atoms. The van der Waals surface area contributed by atoms with Crippen molar-refractivity contribution >= 4 is 5.69 Å². The average Bonchev–Trinajstić information content (AvgIpc) is 1.91. The molecule has 2 heteroatoms. The number of nitrogen functional groups attached to an aromatic ring is 1. The van der Waals surface area contributed by atoms with Gasteiger partial charge in [0.25, 0.3) is 0 Å². The van der Waals surface area contributed by atoms with E-state index in [1.54, 1.807) is 12.4 Å². The minimum Gasteiger partial charge on any atom is -0.397 e. The molecular formula is C8H14N2. The van der Waals surface area contributed by atoms with Crippen molar-refractivity contribution in [2.45, 2.75) is 20.8 Å². The number of aryl methyl sites for hydroxylation is 1. The largest absolute Gasteiger partial charge is 0.397 e. The molecule has 1 aromatic rings. The van der Waals surface area contributed by atoms with Crippen LogP contribution in [0, 0.1) is 6.92 Å². The van der Waals surface area contributed by atoms with Gasteiger partial charge in [-0.3, -0.25) is 4.98 Å². The van der Waals surface area contributed by atoms with Crippen LogP contribution in [0.1, 0.15) is 19.4 Å². The molecule has 0 aliphatic carbocycles. The molecule has 0 unspecified atom stereocenters. The van der Waals surface area contributed by atoms with E-state index in [1.165, 1.54) is 0 Å². The Morgan fingerprint density at radius 2 is 1.90 bits per heavy atom. The van der Waals surface area contributed by atoms with Crippen molar-refractivity contribution in [1.82, 2.24) is 4.98 Å². The lowest BCUT2D eigenvalue weighted by molar-refractivity contribution is 1.27. The summed E-state index contributed by atoms with van der Waals surface area (Å²) in [5.41, 5.74) is 7.22. The second-order valence-electron chi connectivity index (χ2n) is 1.80. The van der Waals surface area contributed by atoms with E-state index in [2.05, 4.69) is 4.98 Å². The van der Waals surface area contributed by atoms with Crippen molar-refractivity contribution in [2.75, 3.05) is 5.73 Å². The number of aromatic nitrogens is 1. The van der Waals surface area contributed by atoms with E-state index < -0.39 is 0 Å². The Morgan fingerprint density at radius 3 is 2.20 bits per heavy atom. The van der Waals surface area contributed by atoms with Crippen LogP contribution in [-0.2, 0) is 0 Å². The highest BCUT2D eigenvalue weighted by molar-refractivity contribution is 5.36. The molecular weight excluding hydrogens is 124 g/mol. The average molecular weight is 138 g/mol. The quantitative estimate of drug-likeness (QED) is 0.595. The molecule has 0 saturated heterocycles. The predicted molar refractivity (Wildman–Crippen MR) is 44.7 cm³/mol. The van der Waals surface area contributed by atoms with Gasteiger partial charge in [-0.15, -0.1) is 0 Å². The SMILES string of the molecule is CC.Cc1cncc(N)c1. The van der Waals surface area contributed by atoms with Crippen LogP contribution in [0.5, 0.6) is 0 Å². The highest BCUT2D eigenvalue weighted by Gasteiger charge is 1.82. The van der Waals surface area contributed by atoms with Gasteiger partial charge in [-0.1, -0.05) is 13.8 Å². The third-order valence-corrected chi connectivity index (χ3v) is 0.896. The topological polar surface area (TPSA) is 38.9 Å². The summed E-state index contributed by atoms with van der Waals surface area (Å²) in [6, 6.07) is 1.88. The zero-order valence-electron chi connectivity index (χ0n) is 6.76. The highest BCUT2D eigenvalue weighted by Crippen LogP contribution is 1.99. The fraction of sp³-hybridized carbons (Fsp3) is 0.375. The van der Waals surface area contributed by atoms with Gasteiger partial charge in [0.15, 0.2) is 0 Å². The molecule has 0 aliphatic rings. The fourth-order valence-corrected chi connectivity index (χ4v) is 0.578. The maximum Gasteiger partial charge on any atom is 0.0503 e. The zero-order chi connectivity index (χ0) is 7.98. The molecule has 0 aromatic carbocycles. The molecule has 2 nitrogen and oxygen atoms in total. The summed E-state index contributed by atoms with van der Waals surface area (Å²) in [7, 11) is 0. The first-order valence-electron chi connectivity index (χ1n) is 3.46. The van der Waals surface area contributed by atoms with Crippen LogP contribution in [-0.4, -0.2) is 4.98 Å². The van der Waals surface area contributed by atoms with Crippen molar-refractivity contribution in [1.29, 1.82) is 0 Å². The Labute approximate surface area is 62.1 Å². The Hall–Kier alpha value is -1.05. The molecule has 0 bridgehead atoms. The second kappa shape index (κ2) is 4.79. The van der Waals surface area contributed by atoms with Crippen LogP contribution < -0.4 is 5.73 Å². The molecule has 0 saturated carbocycles. The number of nitrogens with zero attached hydrogens (tertiary/aromatic N) is 1. The van der Waals surface area contributed by atoms with Crippen molar-refractivity contribution < 1.29 is 0 Å². The number of hydrogen-bond acceptors (Lipinski definition) is 2. The standard InChI is InChI=1S/C6H8N2.C2H6/c1-5-2-6(7)4-8-3-5;1-2/h2-4H,7H2,1H3;1-2H3. The van der Waals surface area contributed by atoms with E-state index in [0.29, 0.717) is 0 Å². The van der Waals surface area contributed by atoms with Crippen LogP contribution >= 0.6 is 0 Å². The number of nitrogens with two attached hydrogens (primary N) is 1. The zero-order valence-corrected chi connectivity index (χ0v) is 6.76. The summed E-state index contributed by atoms with van der Waals surface area (Å²) in [4.78, 5) is 3.86. The van der Waals surface area contributed by atoms with Crippen molar-refractivity contribution in [3.8, 4) is 0 Å². The van der Waals surface area contributed by atoms with Crippen LogP contribution in [0.3, 0.4) is 0 Å². The summed E-state index contributed by atoms with van der Waals surface area (Å²) in [5.74, 6) is 0. The molecule has 0 amide bonds. The lowest BCUT2D eigenvalue weighted by Gasteiger charge is -1.90. The van der Waals surface area contributed by atoms with Crippen molar-refractivity contribution in [2.24, 2.45) is 0 Å². The maximum atomic E-state index is 5.40. The summed E-state index contributed by atoms with van der Waals surface area (Å²) in [6.45, 7) is 5.96. The molecule has 0 atom stereocenters. The number of rotatable bonds is 0. The van der Waals surface area contributed by atoms with Gasteiger partial charge < -0.3 is 5.73 Å². The van der Waals surface area contributed by atoms with E-state index in [4.69, 9.17) is 5.73 Å². The maximum absolute atomic E-state index is 5.40. The molecule has 2 N–H and O–H groups in total. The molecule has 1 rings (SSSR count). The smallest absolute Gasteiger partial charge is 0.0503 e. The Bertz CT molecular complexity index is 167. The van der Waals surface area contributed by atoms with Gasteiger partial charge in [-0.25, -0.2) is 0 Å². The van der Waals surface area contributed by atoms with Crippen LogP contribution in [0.4, 0.5) is 5.69 Å². The molecule has 0 radical (unpaired) electrons. The van der Waals surface area contributed by atoms with Crippen molar-refractivity contribution in [3.63, 3.8) is 0 Å². The fourth-order valence-electron chi connectivity index (χ4n) is 0.578. The van der Waals surface area contributed by atoms with Crippen LogP contribution in [0.25, 0.3) is 0 Å². The predicted octanol–water partition coefficient (Wildman–Crippen LogP) is 2.00. The van der Waals surface area contributed by atoms with Gasteiger partial charge in [0, 0.05) is 12.4 Å². The van der Waals surface area contributed by atoms with E-state index in [9.17, 15) is 0 Å². The molecule has 56 valence electrons. The summed E-state index contributed by atoms with van der Waals surface area (Å²) < 4.78 is 0. The molecule has 0 fully saturated rings. The first kappa shape index (κ1) is 8.95. The highest BCUT2D eigenvalue weighted by atomic mass is 14.7. The van der Waals surface area contributed by atoms with Gasteiger partial charge >= 0.3 is 0 Å². The molecule has 1 heterocycles. The summed E-state index contributed by atoms with van der Waals surface area (Å²) >= 11 is 0. The van der Waals surface area contributed by atoms with Gasteiger partial charge in [0.05, 0.1) is 5.69 Å². The number of hydrogen-bond donors (Lipinski definition) is 1. The monoisotopic (exact) mass is 138 g/mol. The lowest BCUT2D eigenvalue weighted by Crippen LogP contribution is -1.85. The number of anilines is 1. The first-order chi connectivity index (χ1) is 4.79. The van der Waals surface area contributed by atoms with Gasteiger partial charge in [-0.05, 0) is 18.6 Å². The normalized spacial score (nSPS) is 7.90. The Balaban J connectivity index is 0.000000371. The third-order valence-electron chi connectivity index (χ3n) is 0.896. The lowest BCUT2D eigenvalue weighted by atomic mass is 10.3. The van der Waals surface area contributed by atoms with Gasteiger partial charge in [0.1, 0.15) is 0 Å². The Morgan fingerprint density at radius 1 is 1.30 bits per heavy atom. The third kappa shape index (κ3) is 3.07. The molecule has 0 aliphatic heterocycles. The second-order valence-corrected chi connectivity index (χ2v) is 1.80. The van der Waals surface area contributed by atoms with E-state index in [0.717, 1.165) is 11.3 Å². The van der Waals surface area contributed by atoms with E-state index in [1.807, 2.05) is 26.8 Å². The van der Waals surface area contributed by atoms with Gasteiger partial charge in [-0.2, -0.15) is 0 Å². The Kier molecular flexibility index (Phi) is 4.29. The minimum atomic E-state index is 0.727. The minimum absolute atomic E-state index is 0.727. The molecule has 0 spiro atoms. The van der Waals surface area contributed by atoms with Crippen molar-refractivity contribution in [3.05, 3.63) is 24.0 Å². The summed E-state index contributed by atoms with van der Waals surface area (Å²) in [5, 5.41) is 0. The number of pyridine rings is 1. The summed E-state index contributed by atoms with van der Waals surface area (Å²) in [6.07, 6.45) is 3.41. The first-order valence-corrected chi connectivity index (χ1v) is 3.46. The van der Waals surface area contributed by atoms with Crippen LogP contribution in [0.15, 0.2) is 18.5 Å². The van der Waals surface area contributed by atoms with Gasteiger partial charge in [0.2, 0.25) is 0 Å². The molecule has 1 aromatic heterocycles.